The van der Waals surface area contributed by atoms with Crippen molar-refractivity contribution in [3.63, 3.8) is 0 Å². The summed E-state index contributed by atoms with van der Waals surface area (Å²) in [5, 5.41) is 10.4. The number of ether oxygens (including phenoxy) is 1. The zero-order valence-electron chi connectivity index (χ0n) is 9.90. The predicted octanol–water partition coefficient (Wildman–Crippen LogP) is 2.97. The third-order valence-electron chi connectivity index (χ3n) is 3.03. The summed E-state index contributed by atoms with van der Waals surface area (Å²) in [6.45, 7) is 0. The molecule has 1 aliphatic rings. The normalized spacial score (nSPS) is 15.5. The van der Waals surface area contributed by atoms with Crippen LogP contribution in [0.5, 0.6) is 0 Å². The molecule has 0 radical (unpaired) electrons. The van der Waals surface area contributed by atoms with E-state index in [-0.39, 0.29) is 6.10 Å². The van der Waals surface area contributed by atoms with Gasteiger partial charge in [-0.25, -0.2) is 9.18 Å². The molecule has 102 valence electrons. The fraction of sp³-hybridized carbons (Fsp3) is 0.417. The smallest absolute Gasteiger partial charge is 0.341 e. The fourth-order valence-electron chi connectivity index (χ4n) is 2.05. The van der Waals surface area contributed by atoms with Crippen molar-refractivity contribution in [3.05, 3.63) is 39.4 Å². The second-order valence-electron chi connectivity index (χ2n) is 4.35. The summed E-state index contributed by atoms with van der Waals surface area (Å²) < 4.78 is 31.9. The van der Waals surface area contributed by atoms with Gasteiger partial charge in [-0.05, 0) is 31.7 Å². The summed E-state index contributed by atoms with van der Waals surface area (Å²) in [5.74, 6) is -3.40. The SMILES string of the molecule is O=C(OC1CCCC1)c1cc(F)c([N+](=O)[O-])cc1F. The molecule has 0 saturated heterocycles. The van der Waals surface area contributed by atoms with Crippen LogP contribution in [0.25, 0.3) is 0 Å². The van der Waals surface area contributed by atoms with E-state index >= 15 is 0 Å². The van der Waals surface area contributed by atoms with Gasteiger partial charge in [-0.2, -0.15) is 4.39 Å². The van der Waals surface area contributed by atoms with E-state index in [0.717, 1.165) is 12.8 Å². The Hall–Kier alpha value is -2.05. The first-order valence-electron chi connectivity index (χ1n) is 5.83. The topological polar surface area (TPSA) is 69.4 Å². The molecule has 19 heavy (non-hydrogen) atoms. The van der Waals surface area contributed by atoms with Gasteiger partial charge in [0.25, 0.3) is 0 Å². The van der Waals surface area contributed by atoms with Crippen LogP contribution in [0, 0.1) is 21.7 Å². The quantitative estimate of drug-likeness (QED) is 0.481. The molecule has 0 aliphatic heterocycles. The van der Waals surface area contributed by atoms with Crippen molar-refractivity contribution >= 4 is 11.7 Å². The second-order valence-corrected chi connectivity index (χ2v) is 4.35. The lowest BCUT2D eigenvalue weighted by Crippen LogP contribution is -2.16. The summed E-state index contributed by atoms with van der Waals surface area (Å²) in [6, 6.07) is 0.894. The molecule has 1 aromatic carbocycles. The summed E-state index contributed by atoms with van der Waals surface area (Å²) in [7, 11) is 0. The van der Waals surface area contributed by atoms with Crippen LogP contribution in [-0.4, -0.2) is 17.0 Å². The van der Waals surface area contributed by atoms with Crippen LogP contribution in [0.2, 0.25) is 0 Å². The molecular formula is C12H11F2NO4. The van der Waals surface area contributed by atoms with Gasteiger partial charge in [-0.15, -0.1) is 0 Å². The van der Waals surface area contributed by atoms with E-state index in [1.54, 1.807) is 0 Å². The number of carbonyl (C=O) groups excluding carboxylic acids is 1. The third-order valence-corrected chi connectivity index (χ3v) is 3.03. The van der Waals surface area contributed by atoms with Gasteiger partial charge in [0.2, 0.25) is 5.82 Å². The Morgan fingerprint density at radius 3 is 2.47 bits per heavy atom. The minimum atomic E-state index is -1.26. The van der Waals surface area contributed by atoms with Crippen molar-refractivity contribution in [1.82, 2.24) is 0 Å². The molecule has 1 fully saturated rings. The van der Waals surface area contributed by atoms with Crippen molar-refractivity contribution in [2.75, 3.05) is 0 Å². The summed E-state index contributed by atoms with van der Waals surface area (Å²) in [6.07, 6.45) is 2.96. The van der Waals surface area contributed by atoms with E-state index in [2.05, 4.69) is 0 Å². The zero-order chi connectivity index (χ0) is 14.0. The highest BCUT2D eigenvalue weighted by Gasteiger charge is 2.26. The molecule has 0 bridgehead atoms. The zero-order valence-corrected chi connectivity index (χ0v) is 9.90. The van der Waals surface area contributed by atoms with Crippen molar-refractivity contribution in [2.45, 2.75) is 31.8 Å². The molecule has 0 N–H and O–H groups in total. The van der Waals surface area contributed by atoms with Gasteiger partial charge in [0.1, 0.15) is 11.9 Å². The Balaban J connectivity index is 2.22. The van der Waals surface area contributed by atoms with Crippen molar-refractivity contribution in [1.29, 1.82) is 0 Å². The Morgan fingerprint density at radius 1 is 1.26 bits per heavy atom. The summed E-state index contributed by atoms with van der Waals surface area (Å²) in [4.78, 5) is 21.0. The second kappa shape index (κ2) is 5.29. The molecule has 0 heterocycles. The number of esters is 1. The highest BCUT2D eigenvalue weighted by molar-refractivity contribution is 5.90. The maximum Gasteiger partial charge on any atom is 0.341 e. The van der Waals surface area contributed by atoms with Gasteiger partial charge >= 0.3 is 11.7 Å². The van der Waals surface area contributed by atoms with Gasteiger partial charge in [0, 0.05) is 0 Å². The standard InChI is InChI=1S/C12H11F2NO4/c13-9-6-11(15(17)18)10(14)5-8(9)12(16)19-7-3-1-2-4-7/h5-7H,1-4H2. The Morgan fingerprint density at radius 2 is 1.89 bits per heavy atom. The molecule has 0 unspecified atom stereocenters. The molecule has 2 rings (SSSR count). The molecule has 1 aromatic rings. The first kappa shape index (κ1) is 13.4. The van der Waals surface area contributed by atoms with Crippen LogP contribution < -0.4 is 0 Å². The van der Waals surface area contributed by atoms with Gasteiger partial charge in [-0.3, -0.25) is 10.1 Å². The molecule has 0 atom stereocenters. The maximum absolute atomic E-state index is 13.5. The number of hydrogen-bond donors (Lipinski definition) is 0. The van der Waals surface area contributed by atoms with Crippen LogP contribution in [0.15, 0.2) is 12.1 Å². The highest BCUT2D eigenvalue weighted by atomic mass is 19.1. The number of hydrogen-bond acceptors (Lipinski definition) is 4. The van der Waals surface area contributed by atoms with E-state index in [1.807, 2.05) is 0 Å². The van der Waals surface area contributed by atoms with E-state index in [9.17, 15) is 23.7 Å². The average Bonchev–Trinajstić information content (AvgIpc) is 2.83. The Labute approximate surface area is 107 Å². The fourth-order valence-corrected chi connectivity index (χ4v) is 2.05. The first-order chi connectivity index (χ1) is 8.99. The van der Waals surface area contributed by atoms with E-state index in [0.29, 0.717) is 25.0 Å². The van der Waals surface area contributed by atoms with Crippen LogP contribution in [0.3, 0.4) is 0 Å². The highest BCUT2D eigenvalue weighted by Crippen LogP contribution is 2.25. The van der Waals surface area contributed by atoms with Crippen LogP contribution >= 0.6 is 0 Å². The van der Waals surface area contributed by atoms with Gasteiger partial charge in [0.05, 0.1) is 16.6 Å². The van der Waals surface area contributed by atoms with Gasteiger partial charge < -0.3 is 4.74 Å². The molecule has 0 aromatic heterocycles. The molecule has 0 amide bonds. The van der Waals surface area contributed by atoms with Crippen molar-refractivity contribution in [3.8, 4) is 0 Å². The molecule has 1 saturated carbocycles. The number of rotatable bonds is 3. The van der Waals surface area contributed by atoms with Crippen LogP contribution in [-0.2, 0) is 4.74 Å². The lowest BCUT2D eigenvalue weighted by atomic mass is 10.2. The van der Waals surface area contributed by atoms with Gasteiger partial charge in [-0.1, -0.05) is 0 Å². The monoisotopic (exact) mass is 271 g/mol. The molecule has 0 spiro atoms. The molecule has 7 heteroatoms. The molecule has 1 aliphatic carbocycles. The van der Waals surface area contributed by atoms with Crippen molar-refractivity contribution in [2.24, 2.45) is 0 Å². The van der Waals surface area contributed by atoms with E-state index in [1.165, 1.54) is 0 Å². The third kappa shape index (κ3) is 2.86. The lowest BCUT2D eigenvalue weighted by molar-refractivity contribution is -0.387. The average molecular weight is 271 g/mol. The number of nitrogens with zero attached hydrogens (tertiary/aromatic N) is 1. The predicted molar refractivity (Wildman–Crippen MR) is 60.7 cm³/mol. The Bertz CT molecular complexity index is 527. The number of nitro groups is 1. The number of carbonyl (C=O) groups is 1. The lowest BCUT2D eigenvalue weighted by Gasteiger charge is -2.11. The molecular weight excluding hydrogens is 260 g/mol. The minimum absolute atomic E-state index is 0.287. The number of benzene rings is 1. The molecule has 5 nitrogen and oxygen atoms in total. The maximum atomic E-state index is 13.5. The van der Waals surface area contributed by atoms with Crippen LogP contribution in [0.4, 0.5) is 14.5 Å². The minimum Gasteiger partial charge on any atom is -0.459 e. The van der Waals surface area contributed by atoms with Crippen LogP contribution in [0.1, 0.15) is 36.0 Å². The largest absolute Gasteiger partial charge is 0.459 e. The number of halogens is 2. The Kier molecular flexibility index (Phi) is 3.73. The summed E-state index contributed by atoms with van der Waals surface area (Å²) in [5.41, 5.74) is -1.62. The first-order valence-corrected chi connectivity index (χ1v) is 5.83. The van der Waals surface area contributed by atoms with E-state index < -0.39 is 33.8 Å². The van der Waals surface area contributed by atoms with E-state index in [4.69, 9.17) is 4.74 Å². The van der Waals surface area contributed by atoms with Crippen molar-refractivity contribution < 1.29 is 23.2 Å². The van der Waals surface area contributed by atoms with Gasteiger partial charge in [0.15, 0.2) is 0 Å². The summed E-state index contributed by atoms with van der Waals surface area (Å²) >= 11 is 0. The number of nitro benzene ring substituents is 1.